The van der Waals surface area contributed by atoms with Crippen LogP contribution in [0.25, 0.3) is 22.4 Å². The van der Waals surface area contributed by atoms with Gasteiger partial charge in [-0.1, -0.05) is 19.1 Å². The molecule has 30 heavy (non-hydrogen) atoms. The average Bonchev–Trinajstić information content (AvgIpc) is 2.78. The lowest BCUT2D eigenvalue weighted by atomic mass is 10.1. The van der Waals surface area contributed by atoms with E-state index in [-0.39, 0.29) is 11.8 Å². The molecule has 0 spiro atoms. The highest BCUT2D eigenvalue weighted by molar-refractivity contribution is 6.04. The molecule has 0 atom stereocenters. The molecule has 1 amide bonds. The summed E-state index contributed by atoms with van der Waals surface area (Å²) in [7, 11) is 0. The van der Waals surface area contributed by atoms with Crippen molar-refractivity contribution in [3.8, 4) is 17.2 Å². The monoisotopic (exact) mass is 400 g/mol. The third-order valence-corrected chi connectivity index (χ3v) is 4.51. The van der Waals surface area contributed by atoms with E-state index in [9.17, 15) is 9.59 Å². The summed E-state index contributed by atoms with van der Waals surface area (Å²) in [5, 5.41) is 3.29. The summed E-state index contributed by atoms with van der Waals surface area (Å²) in [5.41, 5.74) is 1.95. The highest BCUT2D eigenvalue weighted by atomic mass is 16.5. The van der Waals surface area contributed by atoms with Crippen molar-refractivity contribution in [1.29, 1.82) is 0 Å². The van der Waals surface area contributed by atoms with Crippen LogP contribution in [0.5, 0.6) is 5.75 Å². The number of benzene rings is 3. The number of hydrogen-bond acceptors (Lipinski definition) is 5. The van der Waals surface area contributed by atoms with Crippen molar-refractivity contribution in [2.75, 3.05) is 11.9 Å². The molecule has 6 nitrogen and oxygen atoms in total. The summed E-state index contributed by atoms with van der Waals surface area (Å²) in [6, 6.07) is 21.0. The van der Waals surface area contributed by atoms with Crippen LogP contribution >= 0.6 is 0 Å². The summed E-state index contributed by atoms with van der Waals surface area (Å²) in [4.78, 5) is 29.0. The highest BCUT2D eigenvalue weighted by Gasteiger charge is 2.10. The van der Waals surface area contributed by atoms with Crippen molar-refractivity contribution in [3.63, 3.8) is 0 Å². The molecular formula is C24H20N2O4. The smallest absolute Gasteiger partial charge is 0.347 e. The van der Waals surface area contributed by atoms with Gasteiger partial charge < -0.3 is 14.5 Å². The fourth-order valence-corrected chi connectivity index (χ4v) is 2.96. The van der Waals surface area contributed by atoms with Gasteiger partial charge in [0.25, 0.3) is 5.91 Å². The van der Waals surface area contributed by atoms with E-state index in [0.29, 0.717) is 34.3 Å². The quantitative estimate of drug-likeness (QED) is 0.498. The number of nitrogens with zero attached hydrogens (tertiary/aromatic N) is 1. The summed E-state index contributed by atoms with van der Waals surface area (Å²) in [5.74, 6) is 0.751. The molecule has 150 valence electrons. The Hall–Kier alpha value is -3.93. The average molecular weight is 400 g/mol. The Morgan fingerprint density at radius 2 is 1.73 bits per heavy atom. The van der Waals surface area contributed by atoms with Crippen LogP contribution in [0.2, 0.25) is 0 Å². The lowest BCUT2D eigenvalue weighted by molar-refractivity contribution is 0.102. The zero-order valence-electron chi connectivity index (χ0n) is 16.4. The van der Waals surface area contributed by atoms with Gasteiger partial charge in [0.2, 0.25) is 5.89 Å². The van der Waals surface area contributed by atoms with Crippen molar-refractivity contribution < 1.29 is 13.9 Å². The van der Waals surface area contributed by atoms with Crippen LogP contribution in [-0.2, 0) is 0 Å². The Labute approximate surface area is 173 Å². The predicted molar refractivity (Wildman–Crippen MR) is 116 cm³/mol. The van der Waals surface area contributed by atoms with Gasteiger partial charge in [0.15, 0.2) is 0 Å². The van der Waals surface area contributed by atoms with Crippen molar-refractivity contribution in [2.24, 2.45) is 0 Å². The van der Waals surface area contributed by atoms with Crippen LogP contribution in [-0.4, -0.2) is 17.5 Å². The molecule has 0 aliphatic carbocycles. The molecule has 4 rings (SSSR count). The number of fused-ring (bicyclic) bond motifs is 1. The Kier molecular flexibility index (Phi) is 5.57. The Morgan fingerprint density at radius 3 is 2.47 bits per heavy atom. The van der Waals surface area contributed by atoms with E-state index in [1.165, 1.54) is 0 Å². The van der Waals surface area contributed by atoms with Gasteiger partial charge in [-0.3, -0.25) is 4.79 Å². The molecule has 0 bridgehead atoms. The second-order valence-corrected chi connectivity index (χ2v) is 6.73. The first-order valence-electron chi connectivity index (χ1n) is 9.68. The maximum atomic E-state index is 12.5. The lowest BCUT2D eigenvalue weighted by Gasteiger charge is -2.08. The van der Waals surface area contributed by atoms with Crippen LogP contribution in [0, 0.1) is 0 Å². The Morgan fingerprint density at radius 1 is 1.00 bits per heavy atom. The summed E-state index contributed by atoms with van der Waals surface area (Å²) < 4.78 is 10.9. The molecule has 1 aromatic heterocycles. The topological polar surface area (TPSA) is 81.4 Å². The van der Waals surface area contributed by atoms with Gasteiger partial charge >= 0.3 is 5.63 Å². The normalized spacial score (nSPS) is 10.7. The fourth-order valence-electron chi connectivity index (χ4n) is 2.96. The number of para-hydroxylation sites is 1. The fraction of sp³-hybridized carbons (Fsp3) is 0.125. The number of anilines is 1. The molecule has 1 heterocycles. The number of carbonyl (C=O) groups is 1. The first kappa shape index (κ1) is 19.4. The first-order valence-corrected chi connectivity index (χ1v) is 9.68. The molecule has 4 aromatic rings. The molecule has 0 saturated heterocycles. The Balaban J connectivity index is 1.48. The summed E-state index contributed by atoms with van der Waals surface area (Å²) >= 11 is 0. The standard InChI is InChI=1S/C24H20N2O4/c1-2-15-29-19-13-9-16(10-14-19)22(27)25-18-11-7-17(8-12-18)23-26-21-6-4-3-5-20(21)24(28)30-23/h3-14H,2,15H2,1H3,(H,25,27). The number of aromatic nitrogens is 1. The van der Waals surface area contributed by atoms with Gasteiger partial charge in [0, 0.05) is 16.8 Å². The molecule has 0 fully saturated rings. The lowest BCUT2D eigenvalue weighted by Crippen LogP contribution is -2.11. The molecule has 0 aliphatic heterocycles. The molecular weight excluding hydrogens is 380 g/mol. The first-order chi connectivity index (χ1) is 14.6. The van der Waals surface area contributed by atoms with Crippen molar-refractivity contribution >= 4 is 22.5 Å². The number of hydrogen-bond donors (Lipinski definition) is 1. The third-order valence-electron chi connectivity index (χ3n) is 4.51. The minimum atomic E-state index is -0.431. The maximum Gasteiger partial charge on any atom is 0.347 e. The molecule has 0 aliphatic rings. The van der Waals surface area contributed by atoms with Gasteiger partial charge in [-0.15, -0.1) is 0 Å². The van der Waals surface area contributed by atoms with E-state index in [1.807, 2.05) is 13.0 Å². The van der Waals surface area contributed by atoms with E-state index in [4.69, 9.17) is 9.15 Å². The molecule has 0 radical (unpaired) electrons. The van der Waals surface area contributed by atoms with Crippen LogP contribution in [0.1, 0.15) is 23.7 Å². The predicted octanol–water partition coefficient (Wildman–Crippen LogP) is 4.90. The molecule has 3 aromatic carbocycles. The van der Waals surface area contributed by atoms with Gasteiger partial charge in [-0.05, 0) is 67.1 Å². The third kappa shape index (κ3) is 4.22. The molecule has 6 heteroatoms. The largest absolute Gasteiger partial charge is 0.494 e. The van der Waals surface area contributed by atoms with Crippen LogP contribution < -0.4 is 15.7 Å². The van der Waals surface area contributed by atoms with Crippen LogP contribution in [0.15, 0.2) is 82.0 Å². The van der Waals surface area contributed by atoms with Crippen molar-refractivity contribution in [2.45, 2.75) is 13.3 Å². The number of nitrogens with one attached hydrogen (secondary N) is 1. The van der Waals surface area contributed by atoms with Crippen molar-refractivity contribution in [1.82, 2.24) is 4.98 Å². The van der Waals surface area contributed by atoms with Gasteiger partial charge in [-0.25, -0.2) is 9.78 Å². The second-order valence-electron chi connectivity index (χ2n) is 6.73. The Bertz CT molecular complexity index is 1230. The van der Waals surface area contributed by atoms with E-state index < -0.39 is 5.63 Å². The van der Waals surface area contributed by atoms with Crippen molar-refractivity contribution in [3.05, 3.63) is 88.8 Å². The van der Waals surface area contributed by atoms with E-state index in [1.54, 1.807) is 66.7 Å². The number of ether oxygens (including phenoxy) is 1. The van der Waals surface area contributed by atoms with E-state index in [2.05, 4.69) is 10.3 Å². The maximum absolute atomic E-state index is 12.5. The van der Waals surface area contributed by atoms with Gasteiger partial charge in [0.05, 0.1) is 17.5 Å². The van der Waals surface area contributed by atoms with Gasteiger partial charge in [-0.2, -0.15) is 0 Å². The van der Waals surface area contributed by atoms with Crippen LogP contribution in [0.3, 0.4) is 0 Å². The van der Waals surface area contributed by atoms with E-state index >= 15 is 0 Å². The minimum absolute atomic E-state index is 0.222. The minimum Gasteiger partial charge on any atom is -0.494 e. The number of amides is 1. The molecule has 1 N–H and O–H groups in total. The van der Waals surface area contributed by atoms with E-state index in [0.717, 1.165) is 12.2 Å². The zero-order chi connectivity index (χ0) is 20.9. The second kappa shape index (κ2) is 8.61. The van der Waals surface area contributed by atoms with Crippen LogP contribution in [0.4, 0.5) is 5.69 Å². The SMILES string of the molecule is CCCOc1ccc(C(=O)Nc2ccc(-c3nc4ccccc4c(=O)o3)cc2)cc1. The molecule has 0 saturated carbocycles. The molecule has 0 unspecified atom stereocenters. The van der Waals surface area contributed by atoms with Gasteiger partial charge in [0.1, 0.15) is 5.75 Å². The highest BCUT2D eigenvalue weighted by Crippen LogP contribution is 2.21. The summed E-state index contributed by atoms with van der Waals surface area (Å²) in [6.45, 7) is 2.68. The zero-order valence-corrected chi connectivity index (χ0v) is 16.4. The number of rotatable bonds is 6. The summed E-state index contributed by atoms with van der Waals surface area (Å²) in [6.07, 6.45) is 0.927. The number of carbonyl (C=O) groups excluding carboxylic acids is 1.